The molecule has 7 aromatic carbocycles. The average Bonchev–Trinajstić information content (AvgIpc) is 3.21. The Balaban J connectivity index is 1.40. The number of hydrogen-bond donors (Lipinski definition) is 0. The fourth-order valence-electron chi connectivity index (χ4n) is 7.27. The van der Waals surface area contributed by atoms with Gasteiger partial charge in [-0.25, -0.2) is 0 Å². The molecule has 0 amide bonds. The van der Waals surface area contributed by atoms with E-state index in [2.05, 4.69) is 180 Å². The number of aromatic nitrogens is 2. The highest BCUT2D eigenvalue weighted by Gasteiger charge is 2.19. The van der Waals surface area contributed by atoms with Crippen LogP contribution < -0.4 is 0 Å². The first-order valence-electron chi connectivity index (χ1n) is 17.0. The van der Waals surface area contributed by atoms with Crippen molar-refractivity contribution in [1.29, 1.82) is 0 Å². The lowest BCUT2D eigenvalue weighted by atomic mass is 9.83. The Morgan fingerprint density at radius 3 is 0.980 bits per heavy atom. The van der Waals surface area contributed by atoms with Gasteiger partial charge in [-0.2, -0.15) is 0 Å². The molecule has 0 N–H and O–H groups in total. The summed E-state index contributed by atoms with van der Waals surface area (Å²) in [6, 6.07) is 61.5. The van der Waals surface area contributed by atoms with Crippen molar-refractivity contribution in [1.82, 2.24) is 9.97 Å². The van der Waals surface area contributed by atoms with Gasteiger partial charge in [0.05, 0.1) is 0 Å². The van der Waals surface area contributed by atoms with Gasteiger partial charge in [0.1, 0.15) is 0 Å². The minimum absolute atomic E-state index is 1.15. The highest BCUT2D eigenvalue weighted by atomic mass is 14.6. The van der Waals surface area contributed by atoms with Crippen LogP contribution in [0.5, 0.6) is 0 Å². The van der Waals surface area contributed by atoms with E-state index >= 15 is 0 Å². The van der Waals surface area contributed by atoms with Crippen LogP contribution in [-0.2, 0) is 0 Å². The molecule has 2 heteroatoms. The maximum absolute atomic E-state index is 4.27. The summed E-state index contributed by atoms with van der Waals surface area (Å²) in [5.74, 6) is 0. The Kier molecular flexibility index (Phi) is 7.53. The second-order valence-corrected chi connectivity index (χ2v) is 12.6. The van der Waals surface area contributed by atoms with Gasteiger partial charge in [0.15, 0.2) is 0 Å². The summed E-state index contributed by atoms with van der Waals surface area (Å²) in [6.07, 6.45) is 7.44. The van der Waals surface area contributed by atoms with Gasteiger partial charge in [-0.1, -0.05) is 121 Å². The van der Waals surface area contributed by atoms with Gasteiger partial charge in [-0.05, 0) is 137 Å². The van der Waals surface area contributed by atoms with E-state index < -0.39 is 0 Å². The second-order valence-electron chi connectivity index (χ2n) is 12.6. The van der Waals surface area contributed by atoms with E-state index in [1.54, 1.807) is 0 Å². The van der Waals surface area contributed by atoms with Crippen molar-refractivity contribution in [3.05, 3.63) is 195 Å². The topological polar surface area (TPSA) is 25.8 Å². The molecule has 0 radical (unpaired) electrons. The van der Waals surface area contributed by atoms with Crippen molar-refractivity contribution in [2.45, 2.75) is 0 Å². The summed E-state index contributed by atoms with van der Waals surface area (Å²) < 4.78 is 0. The molecule has 0 saturated carbocycles. The van der Waals surface area contributed by atoms with Gasteiger partial charge in [0, 0.05) is 24.8 Å². The first kappa shape index (κ1) is 29.5. The SMILES string of the molecule is c1ccc(-c2ccc3c(-c4cccc(-c5ccncc5)c4)c4cc(-c5ccccc5)ccc4c(-c4cccc(-c5ccncc5)c4)c3c2)cc1. The van der Waals surface area contributed by atoms with Gasteiger partial charge in [-0.15, -0.1) is 0 Å². The zero-order valence-electron chi connectivity index (χ0n) is 27.4. The van der Waals surface area contributed by atoms with Crippen LogP contribution in [0.25, 0.3) is 88.3 Å². The van der Waals surface area contributed by atoms with Crippen LogP contribution in [0.3, 0.4) is 0 Å². The lowest BCUT2D eigenvalue weighted by Gasteiger charge is -2.20. The summed E-state index contributed by atoms with van der Waals surface area (Å²) in [7, 11) is 0. The van der Waals surface area contributed by atoms with Crippen LogP contribution in [0, 0.1) is 0 Å². The molecule has 9 aromatic rings. The van der Waals surface area contributed by atoms with E-state index in [1.807, 2.05) is 24.8 Å². The number of rotatable bonds is 6. The minimum Gasteiger partial charge on any atom is -0.265 e. The first-order chi connectivity index (χ1) is 24.8. The van der Waals surface area contributed by atoms with Crippen molar-refractivity contribution in [3.8, 4) is 66.8 Å². The van der Waals surface area contributed by atoms with Crippen LogP contribution in [0.15, 0.2) is 195 Å². The van der Waals surface area contributed by atoms with Gasteiger partial charge >= 0.3 is 0 Å². The van der Waals surface area contributed by atoms with Crippen LogP contribution in [0.1, 0.15) is 0 Å². The summed E-state index contributed by atoms with van der Waals surface area (Å²) in [6.45, 7) is 0. The molecule has 0 spiro atoms. The number of benzene rings is 7. The molecule has 0 unspecified atom stereocenters. The number of hydrogen-bond acceptors (Lipinski definition) is 2. The predicted octanol–water partition coefficient (Wildman–Crippen LogP) is 12.8. The maximum Gasteiger partial charge on any atom is 0.0273 e. The Morgan fingerprint density at radius 1 is 0.220 bits per heavy atom. The molecule has 0 saturated heterocycles. The van der Waals surface area contributed by atoms with Crippen molar-refractivity contribution >= 4 is 21.5 Å². The van der Waals surface area contributed by atoms with Gasteiger partial charge in [-0.3, -0.25) is 9.97 Å². The molecular formula is C48H32N2. The molecule has 9 rings (SSSR count). The summed E-state index contributed by atoms with van der Waals surface area (Å²) in [5, 5.41) is 4.89. The van der Waals surface area contributed by atoms with E-state index in [0.29, 0.717) is 0 Å². The van der Waals surface area contributed by atoms with E-state index in [9.17, 15) is 0 Å². The van der Waals surface area contributed by atoms with Crippen LogP contribution in [-0.4, -0.2) is 9.97 Å². The third kappa shape index (κ3) is 5.43. The molecule has 2 nitrogen and oxygen atoms in total. The van der Waals surface area contributed by atoms with Crippen LogP contribution in [0.4, 0.5) is 0 Å². The lowest BCUT2D eigenvalue weighted by Crippen LogP contribution is -1.93. The molecular weight excluding hydrogens is 605 g/mol. The van der Waals surface area contributed by atoms with Crippen molar-refractivity contribution in [2.24, 2.45) is 0 Å². The summed E-state index contributed by atoms with van der Waals surface area (Å²) in [5.41, 5.74) is 14.3. The standard InChI is InChI=1S/C48H32N2/c1-3-9-33(10-4-1)39-17-19-43-45(31-39)47(41-15-7-13-37(29-41)35-21-25-49-26-22-35)44-20-18-40(34-11-5-2-6-12-34)32-46(44)48(43)42-16-8-14-38(30-42)36-23-27-50-28-24-36/h1-32H. The second kappa shape index (κ2) is 12.8. The molecule has 0 aliphatic carbocycles. The maximum atomic E-state index is 4.27. The van der Waals surface area contributed by atoms with Crippen molar-refractivity contribution < 1.29 is 0 Å². The Hall–Kier alpha value is -6.64. The Morgan fingerprint density at radius 2 is 0.560 bits per heavy atom. The molecule has 0 bridgehead atoms. The minimum atomic E-state index is 1.15. The van der Waals surface area contributed by atoms with E-state index in [1.165, 1.54) is 77.2 Å². The summed E-state index contributed by atoms with van der Waals surface area (Å²) >= 11 is 0. The number of fused-ring (bicyclic) bond motifs is 2. The predicted molar refractivity (Wildman–Crippen MR) is 210 cm³/mol. The van der Waals surface area contributed by atoms with E-state index in [-0.39, 0.29) is 0 Å². The highest BCUT2D eigenvalue weighted by Crippen LogP contribution is 2.47. The molecule has 2 aromatic heterocycles. The third-order valence-electron chi connectivity index (χ3n) is 9.66. The lowest BCUT2D eigenvalue weighted by molar-refractivity contribution is 1.33. The third-order valence-corrected chi connectivity index (χ3v) is 9.66. The molecule has 50 heavy (non-hydrogen) atoms. The largest absolute Gasteiger partial charge is 0.265 e. The molecule has 2 heterocycles. The van der Waals surface area contributed by atoms with E-state index in [4.69, 9.17) is 0 Å². The van der Waals surface area contributed by atoms with Crippen molar-refractivity contribution in [3.63, 3.8) is 0 Å². The van der Waals surface area contributed by atoms with Gasteiger partial charge in [0.25, 0.3) is 0 Å². The average molecular weight is 637 g/mol. The highest BCUT2D eigenvalue weighted by molar-refractivity contribution is 6.22. The van der Waals surface area contributed by atoms with E-state index in [0.717, 1.165) is 11.1 Å². The zero-order chi connectivity index (χ0) is 33.3. The first-order valence-corrected chi connectivity index (χ1v) is 17.0. The normalized spacial score (nSPS) is 11.2. The smallest absolute Gasteiger partial charge is 0.0273 e. The molecule has 0 aliphatic heterocycles. The van der Waals surface area contributed by atoms with Gasteiger partial charge in [0.2, 0.25) is 0 Å². The van der Waals surface area contributed by atoms with Crippen LogP contribution in [0.2, 0.25) is 0 Å². The van der Waals surface area contributed by atoms with Gasteiger partial charge < -0.3 is 0 Å². The number of nitrogens with zero attached hydrogens (tertiary/aromatic N) is 2. The molecule has 0 aliphatic rings. The Labute approximate surface area is 292 Å². The molecule has 0 fully saturated rings. The monoisotopic (exact) mass is 636 g/mol. The molecule has 234 valence electrons. The molecule has 0 atom stereocenters. The quantitative estimate of drug-likeness (QED) is 0.170. The Bertz CT molecular complexity index is 2430. The number of pyridine rings is 2. The fraction of sp³-hybridized carbons (Fsp3) is 0. The van der Waals surface area contributed by atoms with Crippen molar-refractivity contribution in [2.75, 3.05) is 0 Å². The zero-order valence-corrected chi connectivity index (χ0v) is 27.4. The summed E-state index contributed by atoms with van der Waals surface area (Å²) in [4.78, 5) is 8.53. The fourth-order valence-corrected chi connectivity index (χ4v) is 7.27. The van der Waals surface area contributed by atoms with Crippen LogP contribution >= 0.6 is 0 Å².